The maximum atomic E-state index is 13.9. The zero-order chi connectivity index (χ0) is 28.2. The summed E-state index contributed by atoms with van der Waals surface area (Å²) in [5.74, 6) is 2.59. The highest BCUT2D eigenvalue weighted by Crippen LogP contribution is 2.38. The second-order valence-electron chi connectivity index (χ2n) is 8.47. The zero-order valence-corrected chi connectivity index (χ0v) is 23.9. The number of carbonyl (C=O) groups is 1. The number of carbonyl (C=O) groups excluding carboxylic acids is 1. The van der Waals surface area contributed by atoms with Gasteiger partial charge in [-0.2, -0.15) is 0 Å². The van der Waals surface area contributed by atoms with E-state index in [1.165, 1.54) is 29.8 Å². The van der Waals surface area contributed by atoms with Gasteiger partial charge in [-0.05, 0) is 42.1 Å². The van der Waals surface area contributed by atoms with Crippen LogP contribution >= 0.6 is 34.3 Å². The number of hydrogen-bond donors (Lipinski definition) is 0. The molecular weight excluding hydrogens is 568 g/mol. The lowest BCUT2D eigenvalue weighted by molar-refractivity contribution is -0.138. The molecule has 0 N–H and O–H groups in total. The minimum atomic E-state index is -0.703. The molecule has 10 heteroatoms. The third-order valence-corrected chi connectivity index (χ3v) is 8.22. The van der Waals surface area contributed by atoms with Gasteiger partial charge in [-0.3, -0.25) is 9.36 Å². The summed E-state index contributed by atoms with van der Waals surface area (Å²) in [6.07, 6.45) is 7.02. The maximum Gasteiger partial charge on any atom is 0.338 e. The van der Waals surface area contributed by atoms with Crippen molar-refractivity contribution in [1.29, 1.82) is 0 Å². The molecular formula is C30H23ClN2O5S2. The largest absolute Gasteiger partial charge is 0.493 e. The molecule has 2 aromatic carbocycles. The predicted octanol–water partition coefficient (Wildman–Crippen LogP) is 4.67. The number of terminal acetylenes is 1. The molecule has 0 saturated carbocycles. The average Bonchev–Trinajstić information content (AvgIpc) is 3.60. The molecule has 0 aliphatic carbocycles. The lowest BCUT2D eigenvalue weighted by Gasteiger charge is -2.24. The van der Waals surface area contributed by atoms with Crippen LogP contribution in [0.5, 0.6) is 11.5 Å². The van der Waals surface area contributed by atoms with Crippen LogP contribution in [0, 0.1) is 12.3 Å². The van der Waals surface area contributed by atoms with E-state index in [0.717, 1.165) is 10.4 Å². The van der Waals surface area contributed by atoms with Gasteiger partial charge >= 0.3 is 5.97 Å². The molecule has 0 bridgehead atoms. The van der Waals surface area contributed by atoms with E-state index in [0.29, 0.717) is 42.7 Å². The van der Waals surface area contributed by atoms with Crippen LogP contribution in [-0.4, -0.2) is 30.9 Å². The molecule has 7 nitrogen and oxygen atoms in total. The SMILES string of the molecule is C#CCOc1c(Cl)cc(/C=c2\sc3n(c2=O)[C@@H](c2cccs2)C(C(=O)OCC)=C(c2ccccc2)N=3)cc1OC. The molecule has 4 aromatic rings. The number of thiophene rings is 1. The van der Waals surface area contributed by atoms with Crippen molar-refractivity contribution in [2.75, 3.05) is 20.3 Å². The van der Waals surface area contributed by atoms with Crippen molar-refractivity contribution >= 4 is 52.0 Å². The number of ether oxygens (including phenoxy) is 3. The summed E-state index contributed by atoms with van der Waals surface area (Å²) in [4.78, 5) is 33.5. The van der Waals surface area contributed by atoms with Gasteiger partial charge in [0.05, 0.1) is 34.5 Å². The Hall–Kier alpha value is -4.10. The topological polar surface area (TPSA) is 79.1 Å². The Bertz CT molecular complexity index is 1820. The van der Waals surface area contributed by atoms with Gasteiger partial charge in [0.25, 0.3) is 5.56 Å². The van der Waals surface area contributed by atoms with Crippen LogP contribution in [0.2, 0.25) is 5.02 Å². The van der Waals surface area contributed by atoms with Crippen molar-refractivity contribution in [3.05, 3.63) is 106 Å². The molecule has 40 heavy (non-hydrogen) atoms. The molecule has 0 saturated heterocycles. The lowest BCUT2D eigenvalue weighted by Crippen LogP contribution is -2.39. The van der Waals surface area contributed by atoms with Gasteiger partial charge in [0.15, 0.2) is 16.3 Å². The molecule has 2 aromatic heterocycles. The number of methoxy groups -OCH3 is 1. The van der Waals surface area contributed by atoms with E-state index in [9.17, 15) is 9.59 Å². The van der Waals surface area contributed by atoms with E-state index < -0.39 is 12.0 Å². The van der Waals surface area contributed by atoms with E-state index >= 15 is 0 Å². The van der Waals surface area contributed by atoms with Crippen molar-refractivity contribution in [3.8, 4) is 23.8 Å². The van der Waals surface area contributed by atoms with Crippen LogP contribution < -0.4 is 24.4 Å². The Morgan fingerprint density at radius 2 is 2.02 bits per heavy atom. The normalized spacial score (nSPS) is 14.8. The molecule has 0 unspecified atom stereocenters. The molecule has 1 atom stereocenters. The number of aromatic nitrogens is 1. The van der Waals surface area contributed by atoms with E-state index in [-0.39, 0.29) is 18.8 Å². The highest BCUT2D eigenvalue weighted by atomic mass is 35.5. The fraction of sp³-hybridized carbons (Fsp3) is 0.167. The molecule has 3 heterocycles. The van der Waals surface area contributed by atoms with Crippen LogP contribution in [0.25, 0.3) is 11.8 Å². The maximum absolute atomic E-state index is 13.9. The Balaban J connectivity index is 1.74. The molecule has 202 valence electrons. The van der Waals surface area contributed by atoms with Gasteiger partial charge in [-0.25, -0.2) is 9.79 Å². The quantitative estimate of drug-likeness (QED) is 0.220. The van der Waals surface area contributed by atoms with Crippen molar-refractivity contribution in [1.82, 2.24) is 4.57 Å². The summed E-state index contributed by atoms with van der Waals surface area (Å²) in [7, 11) is 1.50. The first-order valence-electron chi connectivity index (χ1n) is 12.2. The summed E-state index contributed by atoms with van der Waals surface area (Å²) in [6.45, 7) is 1.97. The standard InChI is InChI=1S/C30H23ClN2O5S2/c1-4-13-38-27-20(31)15-18(16-21(27)36-3)17-23-28(34)33-26(22-12-9-14-39-22)24(29(35)37-5-2)25(32-30(33)40-23)19-10-7-6-8-11-19/h1,6-12,14-17,26H,5,13H2,2-3H3/b23-17-/t26-/m0/s1. The molecule has 0 radical (unpaired) electrons. The summed E-state index contributed by atoms with van der Waals surface area (Å²) in [5.41, 5.74) is 1.88. The molecule has 0 spiro atoms. The van der Waals surface area contributed by atoms with Crippen molar-refractivity contribution in [3.63, 3.8) is 0 Å². The number of benzene rings is 2. The molecule has 0 amide bonds. The van der Waals surface area contributed by atoms with Gasteiger partial charge in [0, 0.05) is 10.4 Å². The number of fused-ring (bicyclic) bond motifs is 1. The first-order chi connectivity index (χ1) is 19.5. The summed E-state index contributed by atoms with van der Waals surface area (Å²) < 4.78 is 18.4. The number of esters is 1. The third-order valence-electron chi connectivity index (χ3n) is 6.04. The van der Waals surface area contributed by atoms with E-state index in [1.54, 1.807) is 29.7 Å². The van der Waals surface area contributed by atoms with E-state index in [1.807, 2.05) is 47.8 Å². The van der Waals surface area contributed by atoms with Gasteiger partial charge in [0.1, 0.15) is 12.6 Å². The summed E-state index contributed by atoms with van der Waals surface area (Å²) in [6, 6.07) is 15.9. The summed E-state index contributed by atoms with van der Waals surface area (Å²) >= 11 is 9.15. The van der Waals surface area contributed by atoms with Gasteiger partial charge < -0.3 is 14.2 Å². The zero-order valence-electron chi connectivity index (χ0n) is 21.5. The molecule has 0 fully saturated rings. The van der Waals surface area contributed by atoms with E-state index in [2.05, 4.69) is 5.92 Å². The van der Waals surface area contributed by atoms with E-state index in [4.69, 9.17) is 37.2 Å². The lowest BCUT2D eigenvalue weighted by atomic mass is 9.97. The van der Waals surface area contributed by atoms with Crippen LogP contribution in [-0.2, 0) is 9.53 Å². The minimum absolute atomic E-state index is 0.0310. The Kier molecular flexibility index (Phi) is 8.21. The molecule has 1 aliphatic rings. The highest BCUT2D eigenvalue weighted by molar-refractivity contribution is 7.10. The number of thiazole rings is 1. The smallest absolute Gasteiger partial charge is 0.338 e. The van der Waals surface area contributed by atoms with Gasteiger partial charge in [0.2, 0.25) is 0 Å². The monoisotopic (exact) mass is 590 g/mol. The highest BCUT2D eigenvalue weighted by Gasteiger charge is 2.35. The van der Waals surface area contributed by atoms with Gasteiger partial charge in [-0.15, -0.1) is 17.8 Å². The number of halogens is 1. The Morgan fingerprint density at radius 1 is 1.23 bits per heavy atom. The number of rotatable bonds is 8. The molecule has 5 rings (SSSR count). The number of hydrogen-bond acceptors (Lipinski definition) is 8. The first kappa shape index (κ1) is 27.5. The average molecular weight is 591 g/mol. The fourth-order valence-electron chi connectivity index (χ4n) is 4.38. The Morgan fingerprint density at radius 3 is 2.70 bits per heavy atom. The number of nitrogens with zero attached hydrogens (tertiary/aromatic N) is 2. The van der Waals surface area contributed by atoms with Crippen LogP contribution in [0.4, 0.5) is 0 Å². The van der Waals surface area contributed by atoms with Crippen LogP contribution in [0.3, 0.4) is 0 Å². The Labute approximate surface area is 243 Å². The third kappa shape index (κ3) is 5.21. The van der Waals surface area contributed by atoms with Crippen molar-refractivity contribution < 1.29 is 19.0 Å². The van der Waals surface area contributed by atoms with Crippen molar-refractivity contribution in [2.24, 2.45) is 4.99 Å². The summed E-state index contributed by atoms with van der Waals surface area (Å²) in [5, 5.41) is 2.20. The molecule has 1 aliphatic heterocycles. The predicted molar refractivity (Wildman–Crippen MR) is 158 cm³/mol. The first-order valence-corrected chi connectivity index (χ1v) is 14.3. The van der Waals surface area contributed by atoms with Crippen LogP contribution in [0.1, 0.15) is 29.0 Å². The minimum Gasteiger partial charge on any atom is -0.493 e. The second-order valence-corrected chi connectivity index (χ2v) is 10.9. The second kappa shape index (κ2) is 12.0. The fourth-order valence-corrected chi connectivity index (χ4v) is 6.48. The van der Waals surface area contributed by atoms with Crippen molar-refractivity contribution in [2.45, 2.75) is 13.0 Å². The van der Waals surface area contributed by atoms with Crippen LogP contribution in [0.15, 0.2) is 75.3 Å². The van der Waals surface area contributed by atoms with Gasteiger partial charge in [-0.1, -0.05) is 65.3 Å².